The Morgan fingerprint density at radius 3 is 2.33 bits per heavy atom. The summed E-state index contributed by atoms with van der Waals surface area (Å²) in [6.45, 7) is 1.54. The fraction of sp³-hybridized carbons (Fsp3) is 0.179. The van der Waals surface area contributed by atoms with E-state index in [2.05, 4.69) is 40.9 Å². The van der Waals surface area contributed by atoms with Crippen LogP contribution in [-0.4, -0.2) is 80.1 Å². The molecule has 1 aromatic heterocycles. The number of benzene rings is 3. The molecule has 0 aliphatic heterocycles. The molecule has 17 nitrogen and oxygen atoms in total. The number of anilines is 3. The SMILES string of the molecule is CCCS(=O)(=O)CCNc1nc(F)nc(Nc2cc(S(=O)(=O)O)cc([N+](=[Cu])N=C(N=Nc3ccccc3C(=O)O)c3ccccc3)c2O)n1. The van der Waals surface area contributed by atoms with Crippen LogP contribution in [0.4, 0.5) is 33.3 Å². The maximum atomic E-state index is 14.3. The van der Waals surface area contributed by atoms with Crippen LogP contribution in [0.25, 0.3) is 0 Å². The van der Waals surface area contributed by atoms with Crippen LogP contribution in [0, 0.1) is 6.08 Å². The van der Waals surface area contributed by atoms with E-state index in [0.717, 1.165) is 12.1 Å². The van der Waals surface area contributed by atoms with Crippen LogP contribution >= 0.6 is 0 Å². The van der Waals surface area contributed by atoms with E-state index in [4.69, 9.17) is 15.8 Å². The number of sulfone groups is 1. The Kier molecular flexibility index (Phi) is 11.9. The Morgan fingerprint density at radius 1 is 0.980 bits per heavy atom. The number of carbonyl (C=O) groups is 1. The topological polar surface area (TPSA) is 249 Å². The van der Waals surface area contributed by atoms with Crippen molar-refractivity contribution in [2.75, 3.05) is 28.7 Å². The quantitative estimate of drug-likeness (QED) is 0.0230. The van der Waals surface area contributed by atoms with Gasteiger partial charge in [-0.25, -0.2) is 8.42 Å². The molecule has 0 fully saturated rings. The average molecular weight is 764 g/mol. The number of rotatable bonds is 14. The van der Waals surface area contributed by atoms with Crippen molar-refractivity contribution >= 4 is 60.7 Å². The standard InChI is InChI=1S/C28H28FN9O8S2.Cu/c1-2-13-47(42,43)14-12-30-27-32-26(29)33-28(34-27)31-21-15-18(48(44,45)46)16-22(23(21)39)36-38-24(17-8-4-3-5-9-17)37-35-20-11-7-6-10-19(20)25(40)41;/h3-11,15-16H,2,12-14H2,1H3,(H6,30,31,32,33,34,35,36,37,38,39,40,41,44,45,46);/q;+2/p-1. The summed E-state index contributed by atoms with van der Waals surface area (Å²) in [5.41, 5.74) is -0.821. The van der Waals surface area contributed by atoms with Gasteiger partial charge in [-0.1, -0.05) is 6.92 Å². The molecule has 261 valence electrons. The molecule has 4 rings (SSSR count). The average Bonchev–Trinajstić information content (AvgIpc) is 3.03. The van der Waals surface area contributed by atoms with Gasteiger partial charge in [0, 0.05) is 5.75 Å². The molecule has 49 heavy (non-hydrogen) atoms. The van der Waals surface area contributed by atoms with Crippen molar-refractivity contribution in [3.8, 4) is 5.75 Å². The number of azo groups is 1. The van der Waals surface area contributed by atoms with Gasteiger partial charge in [0.1, 0.15) is 0 Å². The monoisotopic (exact) mass is 763 g/mol. The second kappa shape index (κ2) is 15.9. The van der Waals surface area contributed by atoms with E-state index in [1.165, 1.54) is 18.2 Å². The number of nitrogens with zero attached hydrogens (tertiary/aromatic N) is 7. The number of phenolic OH excluding ortho intramolecular Hbond substituents is 1. The molecule has 0 spiro atoms. The van der Waals surface area contributed by atoms with Crippen LogP contribution in [0.1, 0.15) is 29.3 Å². The third-order valence-corrected chi connectivity index (χ3v) is 9.21. The van der Waals surface area contributed by atoms with Gasteiger partial charge >= 0.3 is 260 Å². The molecular weight excluding hydrogens is 737 g/mol. The van der Waals surface area contributed by atoms with Crippen molar-refractivity contribution < 1.29 is 60.3 Å². The zero-order valence-corrected chi connectivity index (χ0v) is 27.8. The first-order chi connectivity index (χ1) is 23.2. The molecule has 4 aromatic rings. The second-order valence-corrected chi connectivity index (χ2v) is 13.9. The van der Waals surface area contributed by atoms with Crippen LogP contribution < -0.4 is 10.6 Å². The van der Waals surface area contributed by atoms with Crippen molar-refractivity contribution in [1.29, 1.82) is 0 Å². The van der Waals surface area contributed by atoms with Crippen LogP contribution in [0.3, 0.4) is 0 Å². The summed E-state index contributed by atoms with van der Waals surface area (Å²) in [6, 6.07) is 15.4. The van der Waals surface area contributed by atoms with Gasteiger partial charge in [0.05, 0.1) is 0 Å². The Labute approximate surface area is 287 Å². The first-order valence-electron chi connectivity index (χ1n) is 13.9. The molecule has 0 unspecified atom stereocenters. The van der Waals surface area contributed by atoms with Crippen molar-refractivity contribution in [1.82, 2.24) is 15.0 Å². The summed E-state index contributed by atoms with van der Waals surface area (Å²) in [5.74, 6) is -3.48. The zero-order chi connectivity index (χ0) is 35.8. The van der Waals surface area contributed by atoms with Gasteiger partial charge < -0.3 is 0 Å². The molecule has 0 radical (unpaired) electrons. The van der Waals surface area contributed by atoms with E-state index in [1.54, 1.807) is 43.3 Å². The molecular formula is C28H27CuFN9O8S2+. The van der Waals surface area contributed by atoms with Gasteiger partial charge in [-0.15, -0.1) is 0 Å². The third-order valence-electron chi connectivity index (χ3n) is 6.20. The Hall–Kier alpha value is -5.08. The van der Waals surface area contributed by atoms with Crippen LogP contribution in [0.5, 0.6) is 5.75 Å². The van der Waals surface area contributed by atoms with E-state index in [9.17, 15) is 40.8 Å². The summed E-state index contributed by atoms with van der Waals surface area (Å²) < 4.78 is 73.1. The molecule has 3 aromatic carbocycles. The number of halogens is 1. The summed E-state index contributed by atoms with van der Waals surface area (Å²) in [6.07, 6.45) is -0.894. The van der Waals surface area contributed by atoms with E-state index < -0.39 is 60.0 Å². The predicted octanol–water partition coefficient (Wildman–Crippen LogP) is 4.16. The van der Waals surface area contributed by atoms with Crippen molar-refractivity contribution in [2.24, 2.45) is 15.3 Å². The molecule has 0 aliphatic carbocycles. The fourth-order valence-corrected chi connectivity index (χ4v) is 6.01. The maximum absolute atomic E-state index is 14.3. The predicted molar refractivity (Wildman–Crippen MR) is 169 cm³/mol. The van der Waals surface area contributed by atoms with Gasteiger partial charge in [-0.3, -0.25) is 0 Å². The number of nitrogens with one attached hydrogen (secondary N) is 2. The second-order valence-electron chi connectivity index (χ2n) is 9.81. The van der Waals surface area contributed by atoms with Crippen LogP contribution in [0.15, 0.2) is 87.0 Å². The van der Waals surface area contributed by atoms with E-state index >= 15 is 0 Å². The Balaban J connectivity index is 1.73. The summed E-state index contributed by atoms with van der Waals surface area (Å²) in [5, 5.41) is 37.8. The number of carboxylic acid groups (broad SMARTS) is 1. The van der Waals surface area contributed by atoms with Crippen LogP contribution in [-0.2, 0) is 35.8 Å². The van der Waals surface area contributed by atoms with Gasteiger partial charge in [-0.2, -0.15) is 0 Å². The number of carboxylic acids is 1. The zero-order valence-electron chi connectivity index (χ0n) is 25.2. The van der Waals surface area contributed by atoms with E-state index in [0.29, 0.717) is 15.6 Å². The number of aromatic nitrogens is 3. The van der Waals surface area contributed by atoms with Crippen molar-refractivity contribution in [3.63, 3.8) is 0 Å². The number of hydrogen-bond acceptors (Lipinski definition) is 13. The number of aromatic hydroxyl groups is 1. The minimum absolute atomic E-state index is 0.0172. The molecule has 0 saturated heterocycles. The van der Waals surface area contributed by atoms with E-state index in [-0.39, 0.29) is 41.1 Å². The summed E-state index contributed by atoms with van der Waals surface area (Å²) in [7, 11) is -8.32. The summed E-state index contributed by atoms with van der Waals surface area (Å²) >= 11 is 5.54. The first-order valence-corrected chi connectivity index (χ1v) is 17.6. The molecule has 0 atom stereocenters. The third kappa shape index (κ3) is 10.2. The van der Waals surface area contributed by atoms with Crippen molar-refractivity contribution in [2.45, 2.75) is 18.2 Å². The molecule has 21 heteroatoms. The Bertz CT molecular complexity index is 2170. The molecule has 0 bridgehead atoms. The van der Waals surface area contributed by atoms with E-state index in [1.807, 2.05) is 0 Å². The van der Waals surface area contributed by atoms with Gasteiger partial charge in [0.2, 0.25) is 0 Å². The number of aromatic carboxylic acids is 1. The van der Waals surface area contributed by atoms with Gasteiger partial charge in [0.15, 0.2) is 0 Å². The van der Waals surface area contributed by atoms with Gasteiger partial charge in [0.25, 0.3) is 0 Å². The summed E-state index contributed by atoms with van der Waals surface area (Å²) in [4.78, 5) is 21.7. The van der Waals surface area contributed by atoms with Gasteiger partial charge in [-0.05, 0) is 6.42 Å². The number of hydrazone groups is 1. The molecule has 0 saturated carbocycles. The number of amidine groups is 1. The van der Waals surface area contributed by atoms with Crippen LogP contribution in [0.2, 0.25) is 0 Å². The van der Waals surface area contributed by atoms with Crippen molar-refractivity contribution in [3.05, 3.63) is 83.9 Å². The first kappa shape index (κ1) is 36.8. The molecule has 0 amide bonds. The molecule has 5 N–H and O–H groups in total. The number of phenols is 1. The molecule has 1 heterocycles. The normalized spacial score (nSPS) is 12.2. The number of hydrogen-bond donors (Lipinski definition) is 5. The molecule has 0 aliphatic rings. The fourth-order valence-electron chi connectivity index (χ4n) is 4.00. The Morgan fingerprint density at radius 2 is 1.65 bits per heavy atom. The minimum atomic E-state index is -4.95.